The Kier molecular flexibility index (Phi) is 4.40. The third-order valence-corrected chi connectivity index (χ3v) is 4.48. The van der Waals surface area contributed by atoms with E-state index in [1.54, 1.807) is 51.2 Å². The first kappa shape index (κ1) is 17.9. The number of hydrogen-bond acceptors (Lipinski definition) is 4. The second kappa shape index (κ2) is 6.41. The summed E-state index contributed by atoms with van der Waals surface area (Å²) in [6.45, 7) is 7.20. The SMILES string of the molecule is Cc1ccccc1N1C(=O)C(O)=C(C(=O)C(C)(C)C)C1c1ccccn1. The lowest BCUT2D eigenvalue weighted by Crippen LogP contribution is -2.33. The Hall–Kier alpha value is -2.95. The molecule has 3 rings (SSSR count). The van der Waals surface area contributed by atoms with Crippen molar-refractivity contribution in [1.29, 1.82) is 0 Å². The number of pyridine rings is 1. The molecule has 2 heterocycles. The molecule has 1 aromatic heterocycles. The van der Waals surface area contributed by atoms with Gasteiger partial charge in [0.15, 0.2) is 11.5 Å². The maximum Gasteiger partial charge on any atom is 0.294 e. The van der Waals surface area contributed by atoms with Gasteiger partial charge in [0, 0.05) is 17.3 Å². The highest BCUT2D eigenvalue weighted by atomic mass is 16.3. The second-order valence-corrected chi connectivity index (χ2v) is 7.46. The average Bonchev–Trinajstić information content (AvgIpc) is 2.86. The van der Waals surface area contributed by atoms with Gasteiger partial charge in [0.1, 0.15) is 6.04 Å². The number of aromatic nitrogens is 1. The summed E-state index contributed by atoms with van der Waals surface area (Å²) in [5.74, 6) is -1.35. The van der Waals surface area contributed by atoms with Crippen molar-refractivity contribution < 1.29 is 14.7 Å². The van der Waals surface area contributed by atoms with Gasteiger partial charge < -0.3 is 5.11 Å². The molecule has 0 fully saturated rings. The Bertz CT molecular complexity index is 895. The maximum atomic E-state index is 13.0. The molecule has 0 radical (unpaired) electrons. The van der Waals surface area contributed by atoms with E-state index in [2.05, 4.69) is 4.98 Å². The molecule has 5 heteroatoms. The summed E-state index contributed by atoms with van der Waals surface area (Å²) in [7, 11) is 0. The number of Topliss-reactive ketones (excluding diaryl/α,β-unsaturated/α-hetero) is 1. The van der Waals surface area contributed by atoms with Crippen molar-refractivity contribution in [2.45, 2.75) is 33.7 Å². The molecule has 1 N–H and O–H groups in total. The number of aliphatic hydroxyl groups excluding tert-OH is 1. The van der Waals surface area contributed by atoms with Crippen LogP contribution in [0.3, 0.4) is 0 Å². The zero-order chi connectivity index (χ0) is 19.1. The van der Waals surface area contributed by atoms with E-state index >= 15 is 0 Å². The lowest BCUT2D eigenvalue weighted by molar-refractivity contribution is -0.123. The number of carbonyl (C=O) groups excluding carboxylic acids is 2. The molecular weight excluding hydrogens is 328 g/mol. The van der Waals surface area contributed by atoms with Crippen LogP contribution in [0.5, 0.6) is 0 Å². The van der Waals surface area contributed by atoms with E-state index < -0.39 is 23.1 Å². The quantitative estimate of drug-likeness (QED) is 0.911. The molecule has 0 spiro atoms. The van der Waals surface area contributed by atoms with E-state index in [0.717, 1.165) is 5.56 Å². The molecule has 134 valence electrons. The van der Waals surface area contributed by atoms with Crippen LogP contribution in [0.2, 0.25) is 0 Å². The van der Waals surface area contributed by atoms with Crippen molar-refractivity contribution in [3.63, 3.8) is 0 Å². The standard InChI is InChI=1S/C21H22N2O3/c1-13-9-5-6-11-15(13)23-17(14-10-7-8-12-22-14)16(18(24)20(23)26)19(25)21(2,3)4/h5-12,17,24H,1-4H3. The molecule has 0 aliphatic carbocycles. The minimum absolute atomic E-state index is 0.101. The first-order valence-corrected chi connectivity index (χ1v) is 8.51. The van der Waals surface area contributed by atoms with E-state index in [-0.39, 0.29) is 11.4 Å². The molecule has 1 aliphatic heterocycles. The highest BCUT2D eigenvalue weighted by molar-refractivity contribution is 6.17. The van der Waals surface area contributed by atoms with Crippen molar-refractivity contribution in [2.75, 3.05) is 4.90 Å². The third kappa shape index (κ3) is 2.90. The predicted octanol–water partition coefficient (Wildman–Crippen LogP) is 3.91. The Balaban J connectivity index is 2.23. The van der Waals surface area contributed by atoms with Crippen LogP contribution < -0.4 is 4.90 Å². The zero-order valence-corrected chi connectivity index (χ0v) is 15.4. The minimum atomic E-state index is -0.753. The summed E-state index contributed by atoms with van der Waals surface area (Å²) in [5, 5.41) is 10.6. The summed E-state index contributed by atoms with van der Waals surface area (Å²) < 4.78 is 0. The average molecular weight is 350 g/mol. The highest BCUT2D eigenvalue weighted by Crippen LogP contribution is 2.43. The number of para-hydroxylation sites is 1. The van der Waals surface area contributed by atoms with Crippen LogP contribution in [0.25, 0.3) is 0 Å². The third-order valence-electron chi connectivity index (χ3n) is 4.48. The maximum absolute atomic E-state index is 13.0. The van der Waals surface area contributed by atoms with E-state index in [9.17, 15) is 14.7 Å². The molecule has 1 aliphatic rings. The molecule has 0 bridgehead atoms. The summed E-state index contributed by atoms with van der Waals surface area (Å²) in [6, 6.07) is 12.0. The molecule has 5 nitrogen and oxygen atoms in total. The van der Waals surface area contributed by atoms with Gasteiger partial charge in [0.25, 0.3) is 5.91 Å². The lowest BCUT2D eigenvalue weighted by Gasteiger charge is -2.29. The number of aryl methyl sites for hydroxylation is 1. The summed E-state index contributed by atoms with van der Waals surface area (Å²) >= 11 is 0. The topological polar surface area (TPSA) is 70.5 Å². The fraction of sp³-hybridized carbons (Fsp3) is 0.286. The number of rotatable bonds is 3. The molecule has 0 saturated carbocycles. The first-order valence-electron chi connectivity index (χ1n) is 8.51. The Morgan fingerprint density at radius 2 is 1.77 bits per heavy atom. The van der Waals surface area contributed by atoms with Crippen molar-refractivity contribution in [3.8, 4) is 0 Å². The molecule has 1 unspecified atom stereocenters. The molecule has 26 heavy (non-hydrogen) atoms. The van der Waals surface area contributed by atoms with Crippen LogP contribution in [0.15, 0.2) is 60.0 Å². The van der Waals surface area contributed by atoms with Crippen LogP contribution in [0.4, 0.5) is 5.69 Å². The number of aliphatic hydroxyl groups is 1. The Labute approximate surface area is 153 Å². The molecule has 1 amide bonds. The number of carbonyl (C=O) groups is 2. The number of nitrogens with zero attached hydrogens (tertiary/aromatic N) is 2. The number of hydrogen-bond donors (Lipinski definition) is 1. The number of anilines is 1. The highest BCUT2D eigenvalue weighted by Gasteiger charge is 2.47. The van der Waals surface area contributed by atoms with E-state index in [4.69, 9.17) is 0 Å². The molecule has 2 aromatic rings. The Morgan fingerprint density at radius 1 is 1.12 bits per heavy atom. The Morgan fingerprint density at radius 3 is 2.35 bits per heavy atom. The number of ketones is 1. The van der Waals surface area contributed by atoms with Crippen LogP contribution in [-0.4, -0.2) is 21.8 Å². The van der Waals surface area contributed by atoms with Crippen LogP contribution >= 0.6 is 0 Å². The van der Waals surface area contributed by atoms with Gasteiger partial charge in [-0.15, -0.1) is 0 Å². The first-order chi connectivity index (χ1) is 12.2. The van der Waals surface area contributed by atoms with Crippen LogP contribution in [0, 0.1) is 12.3 Å². The predicted molar refractivity (Wildman–Crippen MR) is 99.8 cm³/mol. The summed E-state index contributed by atoms with van der Waals surface area (Å²) in [5.41, 5.74) is 1.43. The van der Waals surface area contributed by atoms with Crippen LogP contribution in [0.1, 0.15) is 38.1 Å². The van der Waals surface area contributed by atoms with Crippen molar-refractivity contribution in [3.05, 3.63) is 71.3 Å². The van der Waals surface area contributed by atoms with Gasteiger partial charge in [-0.3, -0.25) is 19.5 Å². The summed E-state index contributed by atoms with van der Waals surface area (Å²) in [6.07, 6.45) is 1.62. The van der Waals surface area contributed by atoms with E-state index in [1.807, 2.05) is 25.1 Å². The normalized spacial score (nSPS) is 17.8. The molecule has 0 saturated heterocycles. The van der Waals surface area contributed by atoms with Gasteiger partial charge in [-0.2, -0.15) is 0 Å². The van der Waals surface area contributed by atoms with Gasteiger partial charge in [0.2, 0.25) is 0 Å². The lowest BCUT2D eigenvalue weighted by atomic mass is 9.83. The smallest absolute Gasteiger partial charge is 0.294 e. The van der Waals surface area contributed by atoms with E-state index in [1.165, 1.54) is 4.90 Å². The minimum Gasteiger partial charge on any atom is -0.503 e. The van der Waals surface area contributed by atoms with Gasteiger partial charge in [-0.25, -0.2) is 0 Å². The van der Waals surface area contributed by atoms with Gasteiger partial charge in [-0.05, 0) is 30.7 Å². The van der Waals surface area contributed by atoms with Crippen molar-refractivity contribution in [2.24, 2.45) is 5.41 Å². The fourth-order valence-electron chi connectivity index (χ4n) is 3.14. The molecule has 1 atom stereocenters. The molecular formula is C21H22N2O3. The zero-order valence-electron chi connectivity index (χ0n) is 15.4. The fourth-order valence-corrected chi connectivity index (χ4v) is 3.14. The van der Waals surface area contributed by atoms with Gasteiger partial charge in [0.05, 0.1) is 11.3 Å². The largest absolute Gasteiger partial charge is 0.503 e. The second-order valence-electron chi connectivity index (χ2n) is 7.46. The monoisotopic (exact) mass is 350 g/mol. The number of benzene rings is 1. The van der Waals surface area contributed by atoms with Crippen molar-refractivity contribution >= 4 is 17.4 Å². The molecule has 1 aromatic carbocycles. The van der Waals surface area contributed by atoms with E-state index in [0.29, 0.717) is 11.4 Å². The number of amides is 1. The van der Waals surface area contributed by atoms with Crippen molar-refractivity contribution in [1.82, 2.24) is 4.98 Å². The van der Waals surface area contributed by atoms with Crippen LogP contribution in [-0.2, 0) is 9.59 Å². The van der Waals surface area contributed by atoms with Gasteiger partial charge >= 0.3 is 0 Å². The summed E-state index contributed by atoms with van der Waals surface area (Å²) in [4.78, 5) is 31.8. The van der Waals surface area contributed by atoms with Gasteiger partial charge in [-0.1, -0.05) is 45.0 Å².